The summed E-state index contributed by atoms with van der Waals surface area (Å²) in [6.07, 6.45) is 0. The largest absolute Gasteiger partial charge is 0.0614 e. The molecule has 0 heterocycles. The normalized spacial score (nSPS) is 12.0. The SMILES string of the molecule is Brc1ccc2ccc3c(Br)cc(Br)c4ccc1c2c34.Cc1cc(C)c2ccc3c(-c4ccc(-c5ccc(-c6cc(C)c7ccc8c(C)cc(C)c9ccc6c7c89)cc5)cc4)cc(C)c4ccc1c2c43.Cc1cc(C)c2ccc3c(Br)cc(C)c4ccc1c2c43.Cc1cccc(-c2ccc3ccc4c(-c5cccc(C)c5)cc(-c5cccc(C)c5)c5ccc2c3c45)c1. The Balaban J connectivity index is 0.000000108. The molecule has 0 atom stereocenters. The van der Waals surface area contributed by atoms with E-state index in [-0.39, 0.29) is 0 Å². The van der Waals surface area contributed by atoms with Gasteiger partial charge in [0.15, 0.2) is 0 Å². The van der Waals surface area contributed by atoms with Gasteiger partial charge in [-0.1, -0.05) is 372 Å². The maximum absolute atomic E-state index is 3.73. The molecule has 0 N–H and O–H groups in total. The van der Waals surface area contributed by atoms with Gasteiger partial charge in [0.05, 0.1) is 0 Å². The van der Waals surface area contributed by atoms with Crippen LogP contribution in [0.1, 0.15) is 66.8 Å². The zero-order valence-electron chi connectivity index (χ0n) is 72.5. The molecule has 0 spiro atoms. The van der Waals surface area contributed by atoms with E-state index in [2.05, 4.69) is 462 Å². The van der Waals surface area contributed by atoms with E-state index >= 15 is 0 Å². The van der Waals surface area contributed by atoms with Crippen molar-refractivity contribution < 1.29 is 0 Å². The number of halogens is 4. The lowest BCUT2D eigenvalue weighted by molar-refractivity contribution is 1.45. The third-order valence-corrected chi connectivity index (χ3v) is 30.3. The van der Waals surface area contributed by atoms with Crippen molar-refractivity contribution >= 4 is 225 Å². The molecule has 4 heteroatoms. The molecule has 25 aromatic rings. The van der Waals surface area contributed by atoms with Gasteiger partial charge in [-0.3, -0.25) is 0 Å². The Kier molecular flexibility index (Phi) is 19.4. The van der Waals surface area contributed by atoms with E-state index < -0.39 is 0 Å². The molecule has 0 bridgehead atoms. The van der Waals surface area contributed by atoms with Crippen LogP contribution in [0.4, 0.5) is 0 Å². The van der Waals surface area contributed by atoms with Crippen LogP contribution >= 0.6 is 63.7 Å². The Morgan fingerprint density at radius 1 is 0.135 bits per heavy atom. The molecule has 0 unspecified atom stereocenters. The Bertz CT molecular complexity index is 8310. The predicted octanol–water partition coefficient (Wildman–Crippen LogP) is 38.0. The summed E-state index contributed by atoms with van der Waals surface area (Å²) in [5.74, 6) is 0. The van der Waals surface area contributed by atoms with E-state index in [1.807, 2.05) is 0 Å². The lowest BCUT2D eigenvalue weighted by Crippen LogP contribution is -1.93. The second-order valence-electron chi connectivity index (χ2n) is 35.6. The first-order valence-electron chi connectivity index (χ1n) is 43.7. The minimum Gasteiger partial charge on any atom is -0.0614 e. The number of aryl methyl sites for hydroxylation is 12. The van der Waals surface area contributed by atoms with Gasteiger partial charge in [0.25, 0.3) is 0 Å². The Morgan fingerprint density at radius 3 is 0.738 bits per heavy atom. The van der Waals surface area contributed by atoms with E-state index in [1.165, 1.54) is 300 Å². The smallest absolute Gasteiger partial charge is 0.0265 e. The molecular formula is C122H88Br4. The molecule has 25 rings (SSSR count). The number of hydrogen-bond acceptors (Lipinski definition) is 0. The van der Waals surface area contributed by atoms with Crippen molar-refractivity contribution in [2.24, 2.45) is 0 Å². The Hall–Kier alpha value is -12.4. The third kappa shape index (κ3) is 12.9. The fourth-order valence-electron chi connectivity index (χ4n) is 21.6. The highest BCUT2D eigenvalue weighted by Crippen LogP contribution is 2.51. The lowest BCUT2D eigenvalue weighted by Gasteiger charge is -2.20. The number of rotatable bonds is 6. The Morgan fingerprint density at radius 2 is 0.365 bits per heavy atom. The maximum Gasteiger partial charge on any atom is 0.0265 e. The molecule has 0 amide bonds. The minimum absolute atomic E-state index is 1.13. The number of benzene rings is 25. The molecule has 0 radical (unpaired) electrons. The van der Waals surface area contributed by atoms with Gasteiger partial charge in [0.1, 0.15) is 0 Å². The van der Waals surface area contributed by atoms with Crippen LogP contribution in [0.2, 0.25) is 0 Å². The van der Waals surface area contributed by atoms with Crippen LogP contribution in [0.5, 0.6) is 0 Å². The molecule has 0 aromatic heterocycles. The highest BCUT2D eigenvalue weighted by molar-refractivity contribution is 9.11. The minimum atomic E-state index is 1.13. The summed E-state index contributed by atoms with van der Waals surface area (Å²) in [5, 5.41) is 40.4. The van der Waals surface area contributed by atoms with E-state index in [0.29, 0.717) is 0 Å². The molecule has 0 aliphatic carbocycles. The van der Waals surface area contributed by atoms with Crippen LogP contribution in [-0.2, 0) is 0 Å². The van der Waals surface area contributed by atoms with Crippen molar-refractivity contribution in [2.45, 2.75) is 83.1 Å². The highest BCUT2D eigenvalue weighted by atomic mass is 79.9. The molecule has 25 aromatic carbocycles. The molecule has 0 saturated heterocycles. The Labute approximate surface area is 768 Å². The standard InChI is InChI=1S/C50H38.C37H28.C19H15Br.C16H7Br3/c1-27-23-29(3)39-19-21-43-45(25-31(5)41-17-15-37(27)47(39)49(41)43)35-11-7-33(8-12-35)34-9-13-36(14-10-34)46-26-32(6)42-18-16-38-28(2)24-30(4)40-20-22-44(46)50(42)48(38)40;1-23-7-4-10-27(19-23)30-15-13-26-14-16-32-34(28-11-5-8-24(2)20-28)22-35(29-12-6-9-25(3)21-29)33-18-17-31(30)36(26)37(32)33;1-10-8-11(2)14-6-7-16-17(20)9-12(3)15-5-4-13(10)18(14)19(15)16;17-12-6-2-8-1-3-10-13(18)7-14(19)11-5-4-9(12)15(8)16(10)11/h7-26H,1-6H3;4-22H,1-3H3;4-9H,1-3H3;1-7H. The summed E-state index contributed by atoms with van der Waals surface area (Å²) in [4.78, 5) is 0. The first-order chi connectivity index (χ1) is 61.1. The summed E-state index contributed by atoms with van der Waals surface area (Å²) in [6.45, 7) is 26.6. The van der Waals surface area contributed by atoms with Crippen molar-refractivity contribution in [3.05, 3.63) is 400 Å². The molecule has 0 fully saturated rings. The quantitative estimate of drug-likeness (QED) is 0.146. The van der Waals surface area contributed by atoms with Crippen LogP contribution in [-0.4, -0.2) is 0 Å². The molecule has 0 nitrogen and oxygen atoms in total. The van der Waals surface area contributed by atoms with E-state index in [4.69, 9.17) is 0 Å². The van der Waals surface area contributed by atoms with Gasteiger partial charge in [0, 0.05) is 17.9 Å². The second kappa shape index (κ2) is 30.7. The average molecular weight is 1870 g/mol. The van der Waals surface area contributed by atoms with Crippen molar-refractivity contribution in [1.29, 1.82) is 0 Å². The second-order valence-corrected chi connectivity index (χ2v) is 39.0. The first kappa shape index (κ1) is 79.5. The number of hydrogen-bond donors (Lipinski definition) is 0. The average Bonchev–Trinajstić information content (AvgIpc) is 0.732. The maximum atomic E-state index is 3.73. The molecule has 0 aliphatic rings. The third-order valence-electron chi connectivity index (χ3n) is 27.6. The van der Waals surface area contributed by atoms with Gasteiger partial charge in [-0.05, 0) is 386 Å². The molecule has 126 heavy (non-hydrogen) atoms. The lowest BCUT2D eigenvalue weighted by atomic mass is 9.83. The van der Waals surface area contributed by atoms with Gasteiger partial charge < -0.3 is 0 Å². The topological polar surface area (TPSA) is 0 Å². The fraction of sp³-hybridized carbons (Fsp3) is 0.0984. The summed E-state index contributed by atoms with van der Waals surface area (Å²) < 4.78 is 4.59. The van der Waals surface area contributed by atoms with Crippen LogP contribution in [0.15, 0.2) is 333 Å². The molecular weight excluding hydrogens is 1780 g/mol. The highest BCUT2D eigenvalue weighted by Gasteiger charge is 2.24. The van der Waals surface area contributed by atoms with Gasteiger partial charge in [-0.15, -0.1) is 0 Å². The zero-order valence-corrected chi connectivity index (χ0v) is 78.9. The molecule has 604 valence electrons. The molecule has 0 saturated carbocycles. The monoisotopic (exact) mass is 1870 g/mol. The van der Waals surface area contributed by atoms with Gasteiger partial charge in [-0.25, -0.2) is 0 Å². The van der Waals surface area contributed by atoms with Crippen LogP contribution in [0.3, 0.4) is 0 Å². The molecule has 0 aliphatic heterocycles. The summed E-state index contributed by atoms with van der Waals surface area (Å²) in [5.41, 5.74) is 31.2. The summed E-state index contributed by atoms with van der Waals surface area (Å²) in [7, 11) is 0. The predicted molar refractivity (Wildman–Crippen MR) is 565 cm³/mol. The van der Waals surface area contributed by atoms with Crippen LogP contribution < -0.4 is 0 Å². The van der Waals surface area contributed by atoms with E-state index in [9.17, 15) is 0 Å². The van der Waals surface area contributed by atoms with Crippen LogP contribution in [0, 0.1) is 83.1 Å². The van der Waals surface area contributed by atoms with Gasteiger partial charge in [-0.2, -0.15) is 0 Å². The van der Waals surface area contributed by atoms with Crippen molar-refractivity contribution in [1.82, 2.24) is 0 Å². The first-order valence-corrected chi connectivity index (χ1v) is 46.8. The van der Waals surface area contributed by atoms with Gasteiger partial charge >= 0.3 is 0 Å². The summed E-state index contributed by atoms with van der Waals surface area (Å²) in [6, 6.07) is 118. The van der Waals surface area contributed by atoms with Crippen molar-refractivity contribution in [2.75, 3.05) is 0 Å². The van der Waals surface area contributed by atoms with Crippen LogP contribution in [0.25, 0.3) is 228 Å². The van der Waals surface area contributed by atoms with Crippen molar-refractivity contribution in [3.63, 3.8) is 0 Å². The fourth-order valence-corrected chi connectivity index (χ4v) is 24.2. The zero-order chi connectivity index (χ0) is 86.3. The van der Waals surface area contributed by atoms with E-state index in [0.717, 1.165) is 13.4 Å². The van der Waals surface area contributed by atoms with E-state index in [1.54, 1.807) is 0 Å². The summed E-state index contributed by atoms with van der Waals surface area (Å²) >= 11 is 14.7. The van der Waals surface area contributed by atoms with Crippen molar-refractivity contribution in [3.8, 4) is 66.8 Å². The van der Waals surface area contributed by atoms with Gasteiger partial charge in [0.2, 0.25) is 0 Å².